The summed E-state index contributed by atoms with van der Waals surface area (Å²) in [6.45, 7) is 1.06. The molecule has 1 unspecified atom stereocenters. The van der Waals surface area contributed by atoms with Gasteiger partial charge in [0.1, 0.15) is 0 Å². The van der Waals surface area contributed by atoms with Gasteiger partial charge >= 0.3 is 5.97 Å². The molecule has 6 heteroatoms. The lowest BCUT2D eigenvalue weighted by atomic mass is 9.82. The van der Waals surface area contributed by atoms with E-state index in [9.17, 15) is 14.4 Å². The lowest BCUT2D eigenvalue weighted by Crippen LogP contribution is -2.34. The summed E-state index contributed by atoms with van der Waals surface area (Å²) in [7, 11) is 0. The summed E-state index contributed by atoms with van der Waals surface area (Å²) in [6.07, 6.45) is 3.26. The van der Waals surface area contributed by atoms with Gasteiger partial charge in [-0.3, -0.25) is 14.4 Å². The predicted molar refractivity (Wildman–Crippen MR) is 67.0 cm³/mol. The zero-order valence-electron chi connectivity index (χ0n) is 10.9. The molecule has 1 saturated heterocycles. The summed E-state index contributed by atoms with van der Waals surface area (Å²) < 4.78 is 0. The van der Waals surface area contributed by atoms with Gasteiger partial charge < -0.3 is 15.7 Å². The monoisotopic (exact) mass is 268 g/mol. The summed E-state index contributed by atoms with van der Waals surface area (Å²) >= 11 is 0. The molecule has 0 aromatic heterocycles. The Kier molecular flexibility index (Phi) is 4.07. The number of rotatable bonds is 4. The topological polar surface area (TPSA) is 101 Å². The maximum Gasteiger partial charge on any atom is 0.306 e. The number of amides is 2. The van der Waals surface area contributed by atoms with E-state index in [1.807, 2.05) is 0 Å². The van der Waals surface area contributed by atoms with Crippen LogP contribution < -0.4 is 5.73 Å². The fraction of sp³-hybridized carbons (Fsp3) is 0.769. The quantitative estimate of drug-likeness (QED) is 0.761. The van der Waals surface area contributed by atoms with E-state index in [4.69, 9.17) is 10.8 Å². The molecule has 1 saturated carbocycles. The van der Waals surface area contributed by atoms with Crippen molar-refractivity contribution < 1.29 is 19.5 Å². The van der Waals surface area contributed by atoms with Crippen molar-refractivity contribution in [2.24, 2.45) is 23.5 Å². The van der Waals surface area contributed by atoms with Crippen LogP contribution in [0.3, 0.4) is 0 Å². The van der Waals surface area contributed by atoms with E-state index in [-0.39, 0.29) is 24.2 Å². The Balaban J connectivity index is 1.81. The molecular formula is C13H20N2O4. The molecule has 106 valence electrons. The van der Waals surface area contributed by atoms with Crippen LogP contribution in [0.1, 0.15) is 32.1 Å². The van der Waals surface area contributed by atoms with E-state index in [2.05, 4.69) is 0 Å². The number of primary amides is 1. The highest BCUT2D eigenvalue weighted by molar-refractivity contribution is 5.88. The Morgan fingerprint density at radius 1 is 1.21 bits per heavy atom. The lowest BCUT2D eigenvalue weighted by molar-refractivity contribution is -0.143. The number of nitrogens with two attached hydrogens (primary N) is 1. The lowest BCUT2D eigenvalue weighted by Gasteiger charge is -2.29. The largest absolute Gasteiger partial charge is 0.481 e. The molecule has 2 aliphatic rings. The Labute approximate surface area is 111 Å². The van der Waals surface area contributed by atoms with Crippen molar-refractivity contribution in [2.45, 2.75) is 32.1 Å². The number of carbonyl (C=O) groups excluding carboxylic acids is 2. The summed E-state index contributed by atoms with van der Waals surface area (Å²) in [6, 6.07) is 0. The van der Waals surface area contributed by atoms with Crippen molar-refractivity contribution >= 4 is 17.8 Å². The Bertz CT molecular complexity index is 388. The summed E-state index contributed by atoms with van der Waals surface area (Å²) in [5.74, 6) is -1.38. The molecule has 1 heterocycles. The van der Waals surface area contributed by atoms with Gasteiger partial charge in [-0.25, -0.2) is 0 Å². The van der Waals surface area contributed by atoms with Crippen molar-refractivity contribution in [3.05, 3.63) is 0 Å². The molecule has 0 bridgehead atoms. The summed E-state index contributed by atoms with van der Waals surface area (Å²) in [4.78, 5) is 35.4. The average Bonchev–Trinajstić information content (AvgIpc) is 2.72. The molecule has 0 radical (unpaired) electrons. The third kappa shape index (κ3) is 3.24. The molecule has 19 heavy (non-hydrogen) atoms. The fourth-order valence-corrected chi connectivity index (χ4v) is 3.04. The SMILES string of the molecule is NC(=O)C1CC(=O)N(CC2CCC(C(=O)O)CC2)C1. The minimum Gasteiger partial charge on any atom is -0.481 e. The van der Waals surface area contributed by atoms with Crippen LogP contribution in [0, 0.1) is 17.8 Å². The molecule has 1 aliphatic carbocycles. The van der Waals surface area contributed by atoms with Crippen LogP contribution in [0.2, 0.25) is 0 Å². The van der Waals surface area contributed by atoms with Crippen LogP contribution in [0.4, 0.5) is 0 Å². The van der Waals surface area contributed by atoms with E-state index < -0.39 is 11.9 Å². The zero-order chi connectivity index (χ0) is 14.0. The van der Waals surface area contributed by atoms with Gasteiger partial charge in [-0.15, -0.1) is 0 Å². The first kappa shape index (κ1) is 13.8. The third-order valence-electron chi connectivity index (χ3n) is 4.29. The standard InChI is InChI=1S/C13H20N2O4/c14-12(17)10-5-11(16)15(7-10)6-8-1-3-9(4-2-8)13(18)19/h8-10H,1-7H2,(H2,14,17)(H,18,19). The number of carboxylic acids is 1. The number of nitrogens with zero attached hydrogens (tertiary/aromatic N) is 1. The smallest absolute Gasteiger partial charge is 0.306 e. The van der Waals surface area contributed by atoms with Gasteiger partial charge in [-0.2, -0.15) is 0 Å². The first-order valence-electron chi connectivity index (χ1n) is 6.77. The van der Waals surface area contributed by atoms with Gasteiger partial charge in [0.2, 0.25) is 11.8 Å². The van der Waals surface area contributed by atoms with Gasteiger partial charge in [0.05, 0.1) is 11.8 Å². The Morgan fingerprint density at radius 2 is 1.84 bits per heavy atom. The Morgan fingerprint density at radius 3 is 2.32 bits per heavy atom. The van der Waals surface area contributed by atoms with Crippen molar-refractivity contribution in [3.8, 4) is 0 Å². The van der Waals surface area contributed by atoms with Crippen molar-refractivity contribution in [1.29, 1.82) is 0 Å². The highest BCUT2D eigenvalue weighted by Crippen LogP contribution is 2.30. The normalized spacial score (nSPS) is 31.5. The predicted octanol–water partition coefficient (Wildman–Crippen LogP) is 0.211. The first-order chi connectivity index (χ1) is 8.97. The van der Waals surface area contributed by atoms with Gasteiger partial charge in [0.25, 0.3) is 0 Å². The van der Waals surface area contributed by atoms with Gasteiger partial charge in [-0.05, 0) is 31.6 Å². The van der Waals surface area contributed by atoms with Crippen molar-refractivity contribution in [2.75, 3.05) is 13.1 Å². The number of aliphatic carboxylic acids is 1. The van der Waals surface area contributed by atoms with E-state index in [1.54, 1.807) is 4.90 Å². The molecule has 2 fully saturated rings. The van der Waals surface area contributed by atoms with Gasteiger partial charge in [0.15, 0.2) is 0 Å². The highest BCUT2D eigenvalue weighted by Gasteiger charge is 2.35. The van der Waals surface area contributed by atoms with E-state index in [1.165, 1.54) is 0 Å². The maximum atomic E-state index is 11.8. The van der Waals surface area contributed by atoms with Crippen LogP contribution in [0.15, 0.2) is 0 Å². The van der Waals surface area contributed by atoms with Gasteiger partial charge in [0, 0.05) is 19.5 Å². The number of carbonyl (C=O) groups is 3. The van der Waals surface area contributed by atoms with E-state index >= 15 is 0 Å². The number of carboxylic acid groups (broad SMARTS) is 1. The second-order valence-corrected chi connectivity index (χ2v) is 5.66. The van der Waals surface area contributed by atoms with E-state index in [0.717, 1.165) is 12.8 Å². The van der Waals surface area contributed by atoms with Crippen LogP contribution >= 0.6 is 0 Å². The summed E-state index contributed by atoms with van der Waals surface area (Å²) in [5.41, 5.74) is 5.22. The molecule has 3 N–H and O–H groups in total. The van der Waals surface area contributed by atoms with Crippen LogP contribution in [0.5, 0.6) is 0 Å². The highest BCUT2D eigenvalue weighted by atomic mass is 16.4. The minimum absolute atomic E-state index is 0.0100. The third-order valence-corrected chi connectivity index (χ3v) is 4.29. The second kappa shape index (κ2) is 5.59. The van der Waals surface area contributed by atoms with Crippen LogP contribution in [-0.2, 0) is 14.4 Å². The first-order valence-corrected chi connectivity index (χ1v) is 6.77. The van der Waals surface area contributed by atoms with Crippen LogP contribution in [-0.4, -0.2) is 40.9 Å². The fourth-order valence-electron chi connectivity index (χ4n) is 3.04. The molecule has 0 aromatic carbocycles. The zero-order valence-corrected chi connectivity index (χ0v) is 10.9. The maximum absolute atomic E-state index is 11.8. The molecule has 1 atom stereocenters. The number of hydrogen-bond acceptors (Lipinski definition) is 3. The molecule has 0 spiro atoms. The van der Waals surface area contributed by atoms with E-state index in [0.29, 0.717) is 31.8 Å². The number of likely N-dealkylation sites (tertiary alicyclic amines) is 1. The summed E-state index contributed by atoms with van der Waals surface area (Å²) in [5, 5.41) is 8.93. The number of hydrogen-bond donors (Lipinski definition) is 2. The minimum atomic E-state index is -0.718. The second-order valence-electron chi connectivity index (χ2n) is 5.66. The molecular weight excluding hydrogens is 248 g/mol. The van der Waals surface area contributed by atoms with Crippen LogP contribution in [0.25, 0.3) is 0 Å². The van der Waals surface area contributed by atoms with Crippen molar-refractivity contribution in [3.63, 3.8) is 0 Å². The molecule has 0 aromatic rings. The molecule has 2 rings (SSSR count). The molecule has 1 aliphatic heterocycles. The van der Waals surface area contributed by atoms with Crippen molar-refractivity contribution in [1.82, 2.24) is 4.90 Å². The van der Waals surface area contributed by atoms with Gasteiger partial charge in [-0.1, -0.05) is 0 Å². The Hall–Kier alpha value is -1.59. The molecule has 6 nitrogen and oxygen atoms in total. The average molecular weight is 268 g/mol. The molecule has 2 amide bonds.